The molecule has 0 fully saturated rings. The lowest BCUT2D eigenvalue weighted by Crippen LogP contribution is -1.96. The highest BCUT2D eigenvalue weighted by Gasteiger charge is 2.00. The van der Waals surface area contributed by atoms with Crippen LogP contribution in [0, 0.1) is 17.1 Å². The van der Waals surface area contributed by atoms with E-state index in [9.17, 15) is 9.18 Å². The lowest BCUT2D eigenvalue weighted by Gasteiger charge is -1.99. The Morgan fingerprint density at radius 1 is 1.58 bits per heavy atom. The molecule has 0 saturated heterocycles. The second-order valence-electron chi connectivity index (χ2n) is 2.07. The Bertz CT molecular complexity index is 343. The zero-order valence-electron chi connectivity index (χ0n) is 6.04. The van der Waals surface area contributed by atoms with Gasteiger partial charge in [-0.15, -0.1) is 0 Å². The maximum Gasteiger partial charge on any atom is 0.211 e. The number of nitrogens with zero attached hydrogens (tertiary/aromatic N) is 1. The Morgan fingerprint density at radius 2 is 2.33 bits per heavy atom. The molecule has 0 aliphatic rings. The maximum atomic E-state index is 12.9. The molecule has 1 N–H and O–H groups in total. The summed E-state index contributed by atoms with van der Waals surface area (Å²) in [6.07, 6.45) is 0.379. The minimum atomic E-state index is -0.610. The van der Waals surface area contributed by atoms with Crippen LogP contribution >= 0.6 is 0 Å². The van der Waals surface area contributed by atoms with Crippen LogP contribution < -0.4 is 5.32 Å². The minimum absolute atomic E-state index is 0.0731. The average molecular weight is 164 g/mol. The van der Waals surface area contributed by atoms with E-state index in [4.69, 9.17) is 5.26 Å². The Balaban J connectivity index is 3.04. The predicted octanol–water partition coefficient (Wildman–Crippen LogP) is 1.27. The molecule has 1 aromatic carbocycles. The smallest absolute Gasteiger partial charge is 0.211 e. The van der Waals surface area contributed by atoms with Crippen molar-refractivity contribution < 1.29 is 9.18 Å². The van der Waals surface area contributed by atoms with Gasteiger partial charge < -0.3 is 5.32 Å². The third kappa shape index (κ3) is 1.58. The van der Waals surface area contributed by atoms with Crippen LogP contribution in [0.3, 0.4) is 0 Å². The van der Waals surface area contributed by atoms with Gasteiger partial charge in [-0.3, -0.25) is 4.79 Å². The molecule has 1 rings (SSSR count). The molecule has 0 heterocycles. The molecule has 4 heteroatoms. The highest BCUT2D eigenvalue weighted by molar-refractivity contribution is 5.71. The van der Waals surface area contributed by atoms with Gasteiger partial charge in [0.15, 0.2) is 0 Å². The fourth-order valence-corrected chi connectivity index (χ4v) is 0.765. The van der Waals surface area contributed by atoms with Crippen LogP contribution in [0.4, 0.5) is 10.1 Å². The van der Waals surface area contributed by atoms with E-state index in [2.05, 4.69) is 5.32 Å². The molecule has 0 bridgehead atoms. The Morgan fingerprint density at radius 3 is 2.83 bits per heavy atom. The van der Waals surface area contributed by atoms with Gasteiger partial charge in [-0.2, -0.15) is 5.26 Å². The normalized spacial score (nSPS) is 8.67. The molecule has 0 aliphatic carbocycles. The van der Waals surface area contributed by atoms with Crippen molar-refractivity contribution >= 4 is 12.1 Å². The van der Waals surface area contributed by atoms with Crippen LogP contribution in [0.15, 0.2) is 18.2 Å². The molecule has 1 aromatic rings. The highest BCUT2D eigenvalue weighted by atomic mass is 19.1. The van der Waals surface area contributed by atoms with Crippen LogP contribution in [0.1, 0.15) is 5.56 Å². The molecule has 0 atom stereocenters. The second-order valence-corrected chi connectivity index (χ2v) is 2.07. The number of halogens is 1. The molecule has 0 radical (unpaired) electrons. The van der Waals surface area contributed by atoms with Crippen molar-refractivity contribution in [3.8, 4) is 6.07 Å². The summed E-state index contributed by atoms with van der Waals surface area (Å²) in [7, 11) is 0. The molecule has 12 heavy (non-hydrogen) atoms. The number of carbonyl (C=O) groups excluding carboxylic acids is 1. The standard InChI is InChI=1S/C8H5FN2O/c9-7-3-6(4-10)1-2-8(7)11-5-12/h1-3,5H,(H,11,12). The van der Waals surface area contributed by atoms with E-state index < -0.39 is 5.82 Å². The number of anilines is 1. The number of hydrogen-bond acceptors (Lipinski definition) is 2. The quantitative estimate of drug-likeness (QED) is 0.669. The molecular formula is C8H5FN2O. The number of benzene rings is 1. The second kappa shape index (κ2) is 3.49. The van der Waals surface area contributed by atoms with Crippen molar-refractivity contribution in [2.24, 2.45) is 0 Å². The van der Waals surface area contributed by atoms with Crippen LogP contribution in [-0.4, -0.2) is 6.41 Å². The van der Waals surface area contributed by atoms with E-state index in [1.165, 1.54) is 12.1 Å². The molecule has 3 nitrogen and oxygen atoms in total. The topological polar surface area (TPSA) is 52.9 Å². The number of rotatable bonds is 2. The fourth-order valence-electron chi connectivity index (χ4n) is 0.765. The number of carbonyl (C=O) groups is 1. The molecular weight excluding hydrogens is 159 g/mol. The van der Waals surface area contributed by atoms with Gasteiger partial charge in [0.05, 0.1) is 17.3 Å². The largest absolute Gasteiger partial charge is 0.326 e. The Kier molecular flexibility index (Phi) is 2.38. The van der Waals surface area contributed by atoms with Gasteiger partial charge in [-0.05, 0) is 18.2 Å². The van der Waals surface area contributed by atoms with Crippen LogP contribution in [0.25, 0.3) is 0 Å². The first kappa shape index (κ1) is 8.21. The summed E-state index contributed by atoms with van der Waals surface area (Å²) in [4.78, 5) is 9.94. The fraction of sp³-hybridized carbons (Fsp3) is 0. The van der Waals surface area contributed by atoms with Gasteiger partial charge in [0.1, 0.15) is 5.82 Å². The first-order chi connectivity index (χ1) is 5.77. The molecule has 0 unspecified atom stereocenters. The number of amides is 1. The zero-order chi connectivity index (χ0) is 8.97. The van der Waals surface area contributed by atoms with E-state index >= 15 is 0 Å². The van der Waals surface area contributed by atoms with E-state index in [1.807, 2.05) is 0 Å². The highest BCUT2D eigenvalue weighted by Crippen LogP contribution is 2.13. The van der Waals surface area contributed by atoms with Gasteiger partial charge in [-0.1, -0.05) is 0 Å². The third-order valence-electron chi connectivity index (χ3n) is 1.31. The van der Waals surface area contributed by atoms with Gasteiger partial charge in [-0.25, -0.2) is 4.39 Å². The summed E-state index contributed by atoms with van der Waals surface area (Å²) in [5, 5.41) is 10.5. The molecule has 0 spiro atoms. The summed E-state index contributed by atoms with van der Waals surface area (Å²) in [5.74, 6) is -0.610. The lowest BCUT2D eigenvalue weighted by atomic mass is 10.2. The van der Waals surface area contributed by atoms with E-state index in [0.717, 1.165) is 6.07 Å². The molecule has 60 valence electrons. The summed E-state index contributed by atoms with van der Waals surface area (Å²) < 4.78 is 12.9. The summed E-state index contributed by atoms with van der Waals surface area (Å²) in [6, 6.07) is 5.60. The SMILES string of the molecule is N#Cc1ccc(NC=O)c(F)c1. The van der Waals surface area contributed by atoms with E-state index in [0.29, 0.717) is 6.41 Å². The molecule has 1 amide bonds. The van der Waals surface area contributed by atoms with Crippen LogP contribution in [0.2, 0.25) is 0 Å². The van der Waals surface area contributed by atoms with Gasteiger partial charge >= 0.3 is 0 Å². The lowest BCUT2D eigenvalue weighted by molar-refractivity contribution is -0.105. The summed E-state index contributed by atoms with van der Waals surface area (Å²) >= 11 is 0. The first-order valence-electron chi connectivity index (χ1n) is 3.18. The van der Waals surface area contributed by atoms with Crippen molar-refractivity contribution in [1.29, 1.82) is 5.26 Å². The summed E-state index contributed by atoms with van der Waals surface area (Å²) in [5.41, 5.74) is 0.299. The van der Waals surface area contributed by atoms with Crippen molar-refractivity contribution in [3.63, 3.8) is 0 Å². The Labute approximate surface area is 68.4 Å². The average Bonchev–Trinajstić information content (AvgIpc) is 2.09. The van der Waals surface area contributed by atoms with Crippen molar-refractivity contribution in [3.05, 3.63) is 29.6 Å². The van der Waals surface area contributed by atoms with E-state index in [-0.39, 0.29) is 11.3 Å². The molecule has 0 aliphatic heterocycles. The first-order valence-corrected chi connectivity index (χ1v) is 3.18. The third-order valence-corrected chi connectivity index (χ3v) is 1.31. The summed E-state index contributed by atoms with van der Waals surface area (Å²) in [6.45, 7) is 0. The van der Waals surface area contributed by atoms with Gasteiger partial charge in [0.2, 0.25) is 6.41 Å². The van der Waals surface area contributed by atoms with Crippen LogP contribution in [0.5, 0.6) is 0 Å². The van der Waals surface area contributed by atoms with Crippen molar-refractivity contribution in [2.75, 3.05) is 5.32 Å². The van der Waals surface area contributed by atoms with Crippen LogP contribution in [-0.2, 0) is 4.79 Å². The molecule has 0 aromatic heterocycles. The zero-order valence-corrected chi connectivity index (χ0v) is 6.04. The number of nitriles is 1. The van der Waals surface area contributed by atoms with Gasteiger partial charge in [0, 0.05) is 0 Å². The minimum Gasteiger partial charge on any atom is -0.326 e. The van der Waals surface area contributed by atoms with Crippen molar-refractivity contribution in [1.82, 2.24) is 0 Å². The van der Waals surface area contributed by atoms with Crippen molar-refractivity contribution in [2.45, 2.75) is 0 Å². The maximum absolute atomic E-state index is 12.9. The van der Waals surface area contributed by atoms with Gasteiger partial charge in [0.25, 0.3) is 0 Å². The number of nitrogens with one attached hydrogen (secondary N) is 1. The predicted molar refractivity (Wildman–Crippen MR) is 40.8 cm³/mol. The molecule has 0 saturated carbocycles. The number of hydrogen-bond donors (Lipinski definition) is 1. The van der Waals surface area contributed by atoms with E-state index in [1.54, 1.807) is 6.07 Å². The monoisotopic (exact) mass is 164 g/mol. The Hall–Kier alpha value is -1.89.